The van der Waals surface area contributed by atoms with Gasteiger partial charge in [0.2, 0.25) is 11.8 Å². The van der Waals surface area contributed by atoms with Crippen molar-refractivity contribution in [2.75, 3.05) is 11.9 Å². The Morgan fingerprint density at radius 3 is 2.39 bits per heavy atom. The molecule has 3 rings (SSSR count). The highest BCUT2D eigenvalue weighted by Gasteiger charge is 2.06. The predicted octanol–water partition coefficient (Wildman–Crippen LogP) is 3.95. The molecule has 2 amide bonds. The highest BCUT2D eigenvalue weighted by molar-refractivity contribution is 6.37. The van der Waals surface area contributed by atoms with Gasteiger partial charge >= 0.3 is 0 Å². The molecule has 0 spiro atoms. The van der Waals surface area contributed by atoms with Gasteiger partial charge in [-0.3, -0.25) is 9.59 Å². The molecule has 6 nitrogen and oxygen atoms in total. The van der Waals surface area contributed by atoms with Crippen LogP contribution in [0, 0.1) is 0 Å². The molecular weight excluding hydrogens is 399 g/mol. The fraction of sp³-hybridized carbons (Fsp3) is 0.0500. The number of anilines is 1. The van der Waals surface area contributed by atoms with E-state index in [9.17, 15) is 9.59 Å². The minimum Gasteiger partial charge on any atom is -0.343 e. The monoisotopic (exact) mass is 414 g/mol. The van der Waals surface area contributed by atoms with E-state index in [0.29, 0.717) is 21.3 Å². The zero-order chi connectivity index (χ0) is 19.9. The Balaban J connectivity index is 1.50. The number of hydrogen-bond donors (Lipinski definition) is 2. The maximum absolute atomic E-state index is 12.0. The molecule has 1 aromatic heterocycles. The maximum Gasteiger partial charge on any atom is 0.244 e. The molecule has 1 heterocycles. The van der Waals surface area contributed by atoms with Gasteiger partial charge < -0.3 is 10.6 Å². The Morgan fingerprint density at radius 1 is 1.04 bits per heavy atom. The summed E-state index contributed by atoms with van der Waals surface area (Å²) in [7, 11) is 0. The summed E-state index contributed by atoms with van der Waals surface area (Å²) in [4.78, 5) is 23.9. The molecular formula is C20H16Cl2N4O2. The van der Waals surface area contributed by atoms with Crippen molar-refractivity contribution in [3.63, 3.8) is 0 Å². The lowest BCUT2D eigenvalue weighted by Gasteiger charge is -2.07. The molecule has 0 atom stereocenters. The van der Waals surface area contributed by atoms with Gasteiger partial charge in [-0.2, -0.15) is 5.10 Å². The smallest absolute Gasteiger partial charge is 0.244 e. The molecule has 8 heteroatoms. The van der Waals surface area contributed by atoms with Crippen molar-refractivity contribution in [2.24, 2.45) is 0 Å². The molecule has 2 aromatic carbocycles. The van der Waals surface area contributed by atoms with Crippen LogP contribution in [0.2, 0.25) is 10.0 Å². The number of halogens is 2. The van der Waals surface area contributed by atoms with Crippen molar-refractivity contribution in [2.45, 2.75) is 0 Å². The van der Waals surface area contributed by atoms with Gasteiger partial charge in [0.05, 0.1) is 12.2 Å². The number of nitrogens with one attached hydrogen (secondary N) is 2. The average molecular weight is 415 g/mol. The van der Waals surface area contributed by atoms with E-state index in [-0.39, 0.29) is 12.5 Å². The first kappa shape index (κ1) is 19.7. The molecule has 0 aliphatic rings. The van der Waals surface area contributed by atoms with Crippen LogP contribution in [0.25, 0.3) is 11.8 Å². The van der Waals surface area contributed by atoms with Gasteiger partial charge in [0, 0.05) is 39.8 Å². The van der Waals surface area contributed by atoms with Crippen LogP contribution in [0.3, 0.4) is 0 Å². The van der Waals surface area contributed by atoms with Crippen molar-refractivity contribution in [3.05, 3.63) is 82.6 Å². The fourth-order valence-corrected chi connectivity index (χ4v) is 2.90. The molecule has 0 unspecified atom stereocenters. The van der Waals surface area contributed by atoms with Crippen LogP contribution in [0.4, 0.5) is 5.69 Å². The summed E-state index contributed by atoms with van der Waals surface area (Å²) in [6.45, 7) is -0.166. The standard InChI is InChI=1S/C20H16Cl2N4O2/c21-17-3-1-4-18(22)16(17)9-10-19(27)23-13-20(28)25-14-5-7-15(8-6-14)26-12-2-11-24-26/h1-12H,13H2,(H,23,27)(H,25,28)/b10-9+. The number of aromatic nitrogens is 2. The van der Waals surface area contributed by atoms with Gasteiger partial charge in [-0.15, -0.1) is 0 Å². The molecule has 2 N–H and O–H groups in total. The lowest BCUT2D eigenvalue weighted by atomic mass is 10.2. The van der Waals surface area contributed by atoms with E-state index >= 15 is 0 Å². The van der Waals surface area contributed by atoms with E-state index in [1.807, 2.05) is 24.4 Å². The Morgan fingerprint density at radius 2 is 1.75 bits per heavy atom. The zero-order valence-corrected chi connectivity index (χ0v) is 16.1. The van der Waals surface area contributed by atoms with E-state index < -0.39 is 5.91 Å². The van der Waals surface area contributed by atoms with Crippen LogP contribution >= 0.6 is 23.2 Å². The molecule has 28 heavy (non-hydrogen) atoms. The Kier molecular flexibility index (Phi) is 6.47. The second-order valence-electron chi connectivity index (χ2n) is 5.73. The lowest BCUT2D eigenvalue weighted by Crippen LogP contribution is -2.31. The summed E-state index contributed by atoms with van der Waals surface area (Å²) in [5, 5.41) is 10.2. The van der Waals surface area contributed by atoms with E-state index in [2.05, 4.69) is 15.7 Å². The SMILES string of the molecule is O=C(/C=C/c1c(Cl)cccc1Cl)NCC(=O)Nc1ccc(-n2cccn2)cc1. The molecule has 0 saturated heterocycles. The first-order chi connectivity index (χ1) is 13.5. The summed E-state index contributed by atoms with van der Waals surface area (Å²) in [6.07, 6.45) is 6.30. The third kappa shape index (κ3) is 5.22. The van der Waals surface area contributed by atoms with Crippen molar-refractivity contribution in [1.82, 2.24) is 15.1 Å². The average Bonchev–Trinajstić information content (AvgIpc) is 3.21. The minimum absolute atomic E-state index is 0.166. The van der Waals surface area contributed by atoms with Crippen LogP contribution in [0.15, 0.2) is 67.0 Å². The number of amides is 2. The molecule has 0 aliphatic carbocycles. The Labute approximate surface area is 171 Å². The molecule has 0 bridgehead atoms. The van der Waals surface area contributed by atoms with Crippen molar-refractivity contribution in [3.8, 4) is 5.69 Å². The normalized spacial score (nSPS) is 10.8. The summed E-state index contributed by atoms with van der Waals surface area (Å²) < 4.78 is 1.71. The number of rotatable bonds is 6. The Bertz CT molecular complexity index is 979. The summed E-state index contributed by atoms with van der Waals surface area (Å²) in [5.41, 5.74) is 2.04. The van der Waals surface area contributed by atoms with E-state index in [0.717, 1.165) is 5.69 Å². The maximum atomic E-state index is 12.0. The zero-order valence-electron chi connectivity index (χ0n) is 14.6. The highest BCUT2D eigenvalue weighted by atomic mass is 35.5. The van der Waals surface area contributed by atoms with Gasteiger partial charge in [-0.1, -0.05) is 29.3 Å². The molecule has 142 valence electrons. The van der Waals surface area contributed by atoms with E-state index in [1.165, 1.54) is 12.2 Å². The molecule has 0 fully saturated rings. The first-order valence-electron chi connectivity index (χ1n) is 8.33. The van der Waals surface area contributed by atoms with Crippen LogP contribution in [-0.2, 0) is 9.59 Å². The minimum atomic E-state index is -0.430. The third-order valence-electron chi connectivity index (χ3n) is 3.74. The van der Waals surface area contributed by atoms with Gasteiger partial charge in [0.15, 0.2) is 0 Å². The van der Waals surface area contributed by atoms with Crippen LogP contribution in [0.1, 0.15) is 5.56 Å². The van der Waals surface area contributed by atoms with Gasteiger partial charge in [0.1, 0.15) is 0 Å². The second kappa shape index (κ2) is 9.21. The number of carbonyl (C=O) groups excluding carboxylic acids is 2. The van der Waals surface area contributed by atoms with Crippen molar-refractivity contribution >= 4 is 46.8 Å². The van der Waals surface area contributed by atoms with Gasteiger partial charge in [0.25, 0.3) is 0 Å². The summed E-state index contributed by atoms with van der Waals surface area (Å²) in [5.74, 6) is -0.774. The summed E-state index contributed by atoms with van der Waals surface area (Å²) >= 11 is 12.1. The van der Waals surface area contributed by atoms with E-state index in [1.54, 1.807) is 41.2 Å². The van der Waals surface area contributed by atoms with Crippen LogP contribution < -0.4 is 10.6 Å². The largest absolute Gasteiger partial charge is 0.343 e. The quantitative estimate of drug-likeness (QED) is 0.599. The second-order valence-corrected chi connectivity index (χ2v) is 6.55. The van der Waals surface area contributed by atoms with Crippen LogP contribution in [-0.4, -0.2) is 28.1 Å². The third-order valence-corrected chi connectivity index (χ3v) is 4.40. The molecule has 0 aliphatic heterocycles. The molecule has 0 saturated carbocycles. The fourth-order valence-electron chi connectivity index (χ4n) is 2.38. The van der Waals surface area contributed by atoms with Gasteiger partial charge in [-0.25, -0.2) is 4.68 Å². The van der Waals surface area contributed by atoms with Crippen LogP contribution in [0.5, 0.6) is 0 Å². The van der Waals surface area contributed by atoms with E-state index in [4.69, 9.17) is 23.2 Å². The molecule has 0 radical (unpaired) electrons. The topological polar surface area (TPSA) is 76.0 Å². The molecule has 3 aromatic rings. The number of benzene rings is 2. The number of hydrogen-bond acceptors (Lipinski definition) is 3. The highest BCUT2D eigenvalue weighted by Crippen LogP contribution is 2.25. The predicted molar refractivity (Wildman–Crippen MR) is 111 cm³/mol. The number of nitrogens with zero attached hydrogens (tertiary/aromatic N) is 2. The first-order valence-corrected chi connectivity index (χ1v) is 9.08. The Hall–Kier alpha value is -3.09. The van der Waals surface area contributed by atoms with Crippen molar-refractivity contribution < 1.29 is 9.59 Å². The van der Waals surface area contributed by atoms with Gasteiger partial charge in [-0.05, 0) is 48.5 Å². The number of carbonyl (C=O) groups is 2. The lowest BCUT2D eigenvalue weighted by molar-refractivity contribution is -0.121. The summed E-state index contributed by atoms with van der Waals surface area (Å²) in [6, 6.07) is 14.1. The van der Waals surface area contributed by atoms with Crippen molar-refractivity contribution in [1.29, 1.82) is 0 Å².